The van der Waals surface area contributed by atoms with E-state index >= 15 is 0 Å². The van der Waals surface area contributed by atoms with E-state index < -0.39 is 10.8 Å². The van der Waals surface area contributed by atoms with Crippen LogP contribution in [0, 0.1) is 0 Å². The van der Waals surface area contributed by atoms with Crippen LogP contribution in [0.3, 0.4) is 0 Å². The lowest BCUT2D eigenvalue weighted by molar-refractivity contribution is -0.143. The number of ether oxygens (including phenoxy) is 1. The molecule has 0 spiro atoms. The Balaban J connectivity index is 3.89. The molecule has 0 aliphatic heterocycles. The zero-order valence-corrected chi connectivity index (χ0v) is 10.6. The normalized spacial score (nSPS) is 14.6. The van der Waals surface area contributed by atoms with Crippen molar-refractivity contribution in [1.82, 2.24) is 5.32 Å². The van der Waals surface area contributed by atoms with Crippen molar-refractivity contribution in [3.8, 4) is 0 Å². The number of nitrogens with one attached hydrogen (secondary N) is 1. The number of esters is 1. The van der Waals surface area contributed by atoms with Crippen molar-refractivity contribution in [2.75, 3.05) is 25.7 Å². The van der Waals surface area contributed by atoms with Crippen LogP contribution in [-0.4, -0.2) is 41.9 Å². The summed E-state index contributed by atoms with van der Waals surface area (Å²) >= 11 is 0. The molecule has 0 rings (SSSR count). The fourth-order valence-electron chi connectivity index (χ4n) is 1.23. The summed E-state index contributed by atoms with van der Waals surface area (Å²) in [6.45, 7) is 2.67. The van der Waals surface area contributed by atoms with E-state index in [0.717, 1.165) is 19.3 Å². The largest absolute Gasteiger partial charge is 0.468 e. The minimum absolute atomic E-state index is 0.231. The smallest absolute Gasteiger partial charge is 0.322 e. The van der Waals surface area contributed by atoms with Gasteiger partial charge >= 0.3 is 5.97 Å². The van der Waals surface area contributed by atoms with Crippen LogP contribution in [-0.2, 0) is 20.3 Å². The Morgan fingerprint density at radius 2 is 2.20 bits per heavy atom. The molecule has 0 bridgehead atoms. The first-order chi connectivity index (χ1) is 7.11. The van der Waals surface area contributed by atoms with Crippen LogP contribution in [0.4, 0.5) is 0 Å². The van der Waals surface area contributed by atoms with Gasteiger partial charge in [-0.3, -0.25) is 9.00 Å². The van der Waals surface area contributed by atoms with E-state index in [2.05, 4.69) is 17.0 Å². The molecule has 2 unspecified atom stereocenters. The van der Waals surface area contributed by atoms with Crippen molar-refractivity contribution < 1.29 is 13.7 Å². The van der Waals surface area contributed by atoms with Crippen LogP contribution in [0.2, 0.25) is 0 Å². The molecule has 4 nitrogen and oxygen atoms in total. The molecule has 0 aromatic heterocycles. The summed E-state index contributed by atoms with van der Waals surface area (Å²) in [6.07, 6.45) is 4.47. The van der Waals surface area contributed by atoms with Crippen LogP contribution in [0.15, 0.2) is 0 Å². The number of carbonyl (C=O) groups excluding carboxylic acids is 1. The van der Waals surface area contributed by atoms with Crippen LogP contribution < -0.4 is 5.32 Å². The van der Waals surface area contributed by atoms with E-state index in [9.17, 15) is 9.00 Å². The fraction of sp³-hybridized carbons (Fsp3) is 0.900. The molecule has 0 saturated heterocycles. The number of carbonyl (C=O) groups is 1. The van der Waals surface area contributed by atoms with Gasteiger partial charge in [-0.1, -0.05) is 19.8 Å². The second-order valence-corrected chi connectivity index (χ2v) is 5.00. The van der Waals surface area contributed by atoms with Gasteiger partial charge in [-0.15, -0.1) is 0 Å². The fourth-order valence-corrected chi connectivity index (χ4v) is 1.64. The summed E-state index contributed by atoms with van der Waals surface area (Å²) in [4.78, 5) is 11.3. The van der Waals surface area contributed by atoms with Gasteiger partial charge in [-0.25, -0.2) is 0 Å². The Hall–Kier alpha value is -0.420. The molecule has 5 heteroatoms. The van der Waals surface area contributed by atoms with Crippen molar-refractivity contribution in [1.29, 1.82) is 0 Å². The number of hydrogen-bond donors (Lipinski definition) is 1. The highest BCUT2D eigenvalue weighted by Gasteiger charge is 2.17. The summed E-state index contributed by atoms with van der Waals surface area (Å²) < 4.78 is 15.5. The van der Waals surface area contributed by atoms with E-state index in [-0.39, 0.29) is 12.0 Å². The van der Waals surface area contributed by atoms with Gasteiger partial charge in [0, 0.05) is 29.4 Å². The van der Waals surface area contributed by atoms with Gasteiger partial charge in [0.15, 0.2) is 0 Å². The second-order valence-electron chi connectivity index (χ2n) is 3.45. The van der Waals surface area contributed by atoms with Crippen molar-refractivity contribution in [2.24, 2.45) is 0 Å². The monoisotopic (exact) mass is 235 g/mol. The molecule has 15 heavy (non-hydrogen) atoms. The van der Waals surface area contributed by atoms with Gasteiger partial charge in [0.2, 0.25) is 0 Å². The highest BCUT2D eigenvalue weighted by molar-refractivity contribution is 7.84. The highest BCUT2D eigenvalue weighted by Crippen LogP contribution is 2.02. The number of hydrogen-bond acceptors (Lipinski definition) is 4. The predicted molar refractivity (Wildman–Crippen MR) is 62.3 cm³/mol. The van der Waals surface area contributed by atoms with Gasteiger partial charge in [0.1, 0.15) is 6.04 Å². The molecule has 0 aliphatic carbocycles. The summed E-state index contributed by atoms with van der Waals surface area (Å²) in [5.74, 6) is 0.338. The first-order valence-corrected chi connectivity index (χ1v) is 6.95. The summed E-state index contributed by atoms with van der Waals surface area (Å²) in [7, 11) is 0.572. The first-order valence-electron chi connectivity index (χ1n) is 5.23. The molecule has 0 aromatic carbocycles. The van der Waals surface area contributed by atoms with Gasteiger partial charge in [-0.2, -0.15) is 0 Å². The molecular weight excluding hydrogens is 214 g/mol. The van der Waals surface area contributed by atoms with Gasteiger partial charge in [0.25, 0.3) is 0 Å². The summed E-state index contributed by atoms with van der Waals surface area (Å²) in [5, 5.41) is 3.07. The van der Waals surface area contributed by atoms with Gasteiger partial charge in [-0.05, 0) is 6.42 Å². The van der Waals surface area contributed by atoms with Crippen molar-refractivity contribution in [3.63, 3.8) is 0 Å². The molecule has 0 aromatic rings. The molecule has 0 saturated carbocycles. The van der Waals surface area contributed by atoms with Crippen LogP contribution in [0.5, 0.6) is 0 Å². The molecular formula is C10H21NO3S. The van der Waals surface area contributed by atoms with Gasteiger partial charge in [0.05, 0.1) is 7.11 Å². The maximum atomic E-state index is 11.3. The SMILES string of the molecule is CCCCC(NCCS(C)=O)C(=O)OC. The zero-order chi connectivity index (χ0) is 11.7. The van der Waals surface area contributed by atoms with E-state index in [0.29, 0.717) is 12.3 Å². The van der Waals surface area contributed by atoms with E-state index in [1.807, 2.05) is 0 Å². The Kier molecular flexibility index (Phi) is 8.61. The quantitative estimate of drug-likeness (QED) is 0.629. The molecule has 2 atom stereocenters. The van der Waals surface area contributed by atoms with Gasteiger partial charge < -0.3 is 10.1 Å². The zero-order valence-electron chi connectivity index (χ0n) is 9.75. The Labute approximate surface area is 94.2 Å². The van der Waals surface area contributed by atoms with E-state index in [1.165, 1.54) is 7.11 Å². The Morgan fingerprint density at radius 1 is 1.53 bits per heavy atom. The highest BCUT2D eigenvalue weighted by atomic mass is 32.2. The standard InChI is InChI=1S/C10H21NO3S/c1-4-5-6-9(10(12)14-2)11-7-8-15(3)13/h9,11H,4-8H2,1-3H3. The lowest BCUT2D eigenvalue weighted by Gasteiger charge is -2.15. The molecule has 0 amide bonds. The second kappa shape index (κ2) is 8.85. The van der Waals surface area contributed by atoms with Crippen LogP contribution in [0.25, 0.3) is 0 Å². The molecule has 0 heterocycles. The summed E-state index contributed by atoms with van der Waals surface area (Å²) in [6, 6.07) is -0.251. The number of methoxy groups -OCH3 is 1. The maximum absolute atomic E-state index is 11.3. The topological polar surface area (TPSA) is 55.4 Å². The number of unbranched alkanes of at least 4 members (excludes halogenated alkanes) is 1. The van der Waals surface area contributed by atoms with E-state index in [1.54, 1.807) is 6.26 Å². The van der Waals surface area contributed by atoms with Crippen molar-refractivity contribution in [2.45, 2.75) is 32.2 Å². The third kappa shape index (κ3) is 7.50. The third-order valence-electron chi connectivity index (χ3n) is 2.11. The molecule has 0 aliphatic rings. The molecule has 0 radical (unpaired) electrons. The molecule has 90 valence electrons. The lowest BCUT2D eigenvalue weighted by atomic mass is 10.1. The van der Waals surface area contributed by atoms with Crippen LogP contribution >= 0.6 is 0 Å². The number of rotatable bonds is 8. The lowest BCUT2D eigenvalue weighted by Crippen LogP contribution is -2.39. The first kappa shape index (κ1) is 14.6. The minimum atomic E-state index is -0.818. The minimum Gasteiger partial charge on any atom is -0.468 e. The third-order valence-corrected chi connectivity index (χ3v) is 2.89. The average molecular weight is 235 g/mol. The maximum Gasteiger partial charge on any atom is 0.322 e. The van der Waals surface area contributed by atoms with E-state index in [4.69, 9.17) is 0 Å². The summed E-state index contributed by atoms with van der Waals surface area (Å²) in [5.41, 5.74) is 0. The van der Waals surface area contributed by atoms with Crippen LogP contribution in [0.1, 0.15) is 26.2 Å². The van der Waals surface area contributed by atoms with Crippen molar-refractivity contribution >= 4 is 16.8 Å². The average Bonchev–Trinajstić information content (AvgIpc) is 2.21. The molecule has 1 N–H and O–H groups in total. The predicted octanol–water partition coefficient (Wildman–Crippen LogP) is 0.686. The Bertz CT molecular complexity index is 209. The molecule has 0 fully saturated rings. The van der Waals surface area contributed by atoms with Crippen molar-refractivity contribution in [3.05, 3.63) is 0 Å². The Morgan fingerprint density at radius 3 is 2.67 bits per heavy atom.